The lowest BCUT2D eigenvalue weighted by Gasteiger charge is -2.16. The van der Waals surface area contributed by atoms with E-state index in [1.165, 1.54) is 0 Å². The van der Waals surface area contributed by atoms with Gasteiger partial charge in [-0.2, -0.15) is 0 Å². The maximum Gasteiger partial charge on any atom is 0.255 e. The number of aromatic nitrogens is 1. The molecule has 1 rings (SSSR count). The Balaban J connectivity index is 2.53. The number of hydrogen-bond donors (Lipinski definition) is 0. The highest BCUT2D eigenvalue weighted by Crippen LogP contribution is 2.08. The molecule has 0 bridgehead atoms. The van der Waals surface area contributed by atoms with E-state index in [2.05, 4.69) is 20.9 Å². The van der Waals surface area contributed by atoms with Crippen LogP contribution in [-0.2, 0) is 4.74 Å². The zero-order valence-electron chi connectivity index (χ0n) is 9.44. The first-order valence-electron chi connectivity index (χ1n) is 5.01. The number of hydrogen-bond acceptors (Lipinski definition) is 3. The molecule has 0 aliphatic rings. The molecular weight excluding hydrogens is 272 g/mol. The second-order valence-electron chi connectivity index (χ2n) is 3.44. The topological polar surface area (TPSA) is 42.4 Å². The summed E-state index contributed by atoms with van der Waals surface area (Å²) >= 11 is 3.23. The van der Waals surface area contributed by atoms with Gasteiger partial charge in [-0.05, 0) is 34.5 Å². The molecule has 0 fully saturated rings. The van der Waals surface area contributed by atoms with Crippen LogP contribution in [0.1, 0.15) is 16.8 Å². The molecule has 1 aromatic heterocycles. The summed E-state index contributed by atoms with van der Waals surface area (Å²) in [7, 11) is 3.43. The third-order valence-corrected chi connectivity index (χ3v) is 2.63. The van der Waals surface area contributed by atoms with Crippen molar-refractivity contribution < 1.29 is 9.53 Å². The number of ether oxygens (including phenoxy) is 1. The van der Waals surface area contributed by atoms with E-state index in [1.807, 2.05) is 0 Å². The van der Waals surface area contributed by atoms with Gasteiger partial charge in [0.05, 0.1) is 5.56 Å². The van der Waals surface area contributed by atoms with E-state index >= 15 is 0 Å². The minimum atomic E-state index is -0.0175. The van der Waals surface area contributed by atoms with E-state index in [4.69, 9.17) is 4.74 Å². The van der Waals surface area contributed by atoms with Gasteiger partial charge in [0.1, 0.15) is 4.60 Å². The van der Waals surface area contributed by atoms with Crippen molar-refractivity contribution >= 4 is 21.8 Å². The zero-order chi connectivity index (χ0) is 12.0. The normalized spacial score (nSPS) is 10.2. The quantitative estimate of drug-likeness (QED) is 0.614. The molecule has 0 spiro atoms. The van der Waals surface area contributed by atoms with Gasteiger partial charge in [0.25, 0.3) is 5.91 Å². The lowest BCUT2D eigenvalue weighted by atomic mass is 10.2. The number of halogens is 1. The molecule has 0 aromatic carbocycles. The molecule has 16 heavy (non-hydrogen) atoms. The average molecular weight is 287 g/mol. The molecule has 5 heteroatoms. The molecule has 1 aromatic rings. The van der Waals surface area contributed by atoms with Crippen LogP contribution in [0.25, 0.3) is 0 Å². The average Bonchev–Trinajstić information content (AvgIpc) is 2.29. The molecule has 88 valence electrons. The molecule has 0 unspecified atom stereocenters. The summed E-state index contributed by atoms with van der Waals surface area (Å²) in [6.07, 6.45) is 2.40. The van der Waals surface area contributed by atoms with Crippen LogP contribution in [-0.4, -0.2) is 43.1 Å². The summed E-state index contributed by atoms with van der Waals surface area (Å²) in [4.78, 5) is 17.6. The summed E-state index contributed by atoms with van der Waals surface area (Å²) in [5, 5.41) is 0. The number of carbonyl (C=O) groups excluding carboxylic acids is 1. The van der Waals surface area contributed by atoms with Crippen molar-refractivity contribution in [3.63, 3.8) is 0 Å². The maximum absolute atomic E-state index is 11.9. The number of pyridine rings is 1. The fraction of sp³-hybridized carbons (Fsp3) is 0.455. The van der Waals surface area contributed by atoms with E-state index in [9.17, 15) is 4.79 Å². The molecule has 0 aliphatic heterocycles. The first-order chi connectivity index (χ1) is 7.65. The van der Waals surface area contributed by atoms with Crippen LogP contribution >= 0.6 is 15.9 Å². The molecule has 1 heterocycles. The molecule has 0 saturated carbocycles. The lowest BCUT2D eigenvalue weighted by molar-refractivity contribution is 0.0779. The Morgan fingerprint density at radius 1 is 1.56 bits per heavy atom. The van der Waals surface area contributed by atoms with Crippen molar-refractivity contribution in [3.05, 3.63) is 28.5 Å². The first kappa shape index (κ1) is 13.1. The van der Waals surface area contributed by atoms with Gasteiger partial charge in [0, 0.05) is 33.5 Å². The van der Waals surface area contributed by atoms with E-state index in [0.717, 1.165) is 11.0 Å². The highest BCUT2D eigenvalue weighted by atomic mass is 79.9. The molecule has 0 N–H and O–H groups in total. The second-order valence-corrected chi connectivity index (χ2v) is 4.26. The van der Waals surface area contributed by atoms with Crippen LogP contribution in [0.4, 0.5) is 0 Å². The third kappa shape index (κ3) is 3.90. The van der Waals surface area contributed by atoms with Crippen LogP contribution in [0, 0.1) is 0 Å². The van der Waals surface area contributed by atoms with Gasteiger partial charge in [0.2, 0.25) is 0 Å². The van der Waals surface area contributed by atoms with Gasteiger partial charge < -0.3 is 9.64 Å². The number of nitrogens with zero attached hydrogens (tertiary/aromatic N) is 2. The van der Waals surface area contributed by atoms with Crippen LogP contribution in [0.3, 0.4) is 0 Å². The summed E-state index contributed by atoms with van der Waals surface area (Å²) in [5.41, 5.74) is 0.600. The fourth-order valence-corrected chi connectivity index (χ4v) is 1.50. The van der Waals surface area contributed by atoms with Gasteiger partial charge in [-0.15, -0.1) is 0 Å². The summed E-state index contributed by atoms with van der Waals surface area (Å²) in [6.45, 7) is 1.35. The molecule has 0 radical (unpaired) electrons. The van der Waals surface area contributed by atoms with Gasteiger partial charge >= 0.3 is 0 Å². The SMILES string of the molecule is COCCCN(C)C(=O)c1ccc(Br)nc1. The van der Waals surface area contributed by atoms with Crippen LogP contribution < -0.4 is 0 Å². The summed E-state index contributed by atoms with van der Waals surface area (Å²) in [5.74, 6) is -0.0175. The molecule has 0 saturated heterocycles. The Hall–Kier alpha value is -0.940. The number of amides is 1. The molecule has 0 atom stereocenters. The van der Waals surface area contributed by atoms with E-state index in [1.54, 1.807) is 37.4 Å². The van der Waals surface area contributed by atoms with Crippen molar-refractivity contribution in [1.29, 1.82) is 0 Å². The van der Waals surface area contributed by atoms with Gasteiger partial charge in [0.15, 0.2) is 0 Å². The predicted molar refractivity (Wildman–Crippen MR) is 65.4 cm³/mol. The minimum absolute atomic E-state index is 0.0175. The summed E-state index contributed by atoms with van der Waals surface area (Å²) in [6, 6.07) is 3.52. The Morgan fingerprint density at radius 3 is 2.88 bits per heavy atom. The smallest absolute Gasteiger partial charge is 0.255 e. The van der Waals surface area contributed by atoms with Gasteiger partial charge in [-0.1, -0.05) is 0 Å². The Kier molecular flexibility index (Phi) is 5.42. The number of carbonyl (C=O) groups is 1. The molecule has 1 amide bonds. The largest absolute Gasteiger partial charge is 0.385 e. The highest BCUT2D eigenvalue weighted by molar-refractivity contribution is 9.10. The number of methoxy groups -OCH3 is 1. The van der Waals surface area contributed by atoms with Crippen molar-refractivity contribution in [1.82, 2.24) is 9.88 Å². The van der Waals surface area contributed by atoms with E-state index < -0.39 is 0 Å². The Morgan fingerprint density at radius 2 is 2.31 bits per heavy atom. The second kappa shape index (κ2) is 6.60. The van der Waals surface area contributed by atoms with E-state index in [-0.39, 0.29) is 5.91 Å². The van der Waals surface area contributed by atoms with E-state index in [0.29, 0.717) is 18.7 Å². The maximum atomic E-state index is 11.9. The van der Waals surface area contributed by atoms with Crippen LogP contribution in [0.15, 0.2) is 22.9 Å². The minimum Gasteiger partial charge on any atom is -0.385 e. The van der Waals surface area contributed by atoms with Gasteiger partial charge in [-0.3, -0.25) is 4.79 Å². The van der Waals surface area contributed by atoms with Gasteiger partial charge in [-0.25, -0.2) is 4.98 Å². The van der Waals surface area contributed by atoms with Crippen LogP contribution in [0.2, 0.25) is 0 Å². The zero-order valence-corrected chi connectivity index (χ0v) is 11.0. The predicted octanol–water partition coefficient (Wildman–Crippen LogP) is 1.95. The number of rotatable bonds is 5. The Bertz CT molecular complexity index is 340. The third-order valence-electron chi connectivity index (χ3n) is 2.16. The highest BCUT2D eigenvalue weighted by Gasteiger charge is 2.11. The molecule has 4 nitrogen and oxygen atoms in total. The lowest BCUT2D eigenvalue weighted by Crippen LogP contribution is -2.28. The van der Waals surface area contributed by atoms with Crippen molar-refractivity contribution in [2.75, 3.05) is 27.3 Å². The first-order valence-corrected chi connectivity index (χ1v) is 5.80. The Labute approximate surface area is 104 Å². The fourth-order valence-electron chi connectivity index (χ4n) is 1.27. The van der Waals surface area contributed by atoms with Crippen molar-refractivity contribution in [2.24, 2.45) is 0 Å². The molecular formula is C11H15BrN2O2. The molecule has 0 aliphatic carbocycles. The van der Waals surface area contributed by atoms with Crippen LogP contribution in [0.5, 0.6) is 0 Å². The monoisotopic (exact) mass is 286 g/mol. The standard InChI is InChI=1S/C11H15BrN2O2/c1-14(6-3-7-16-2)11(15)9-4-5-10(12)13-8-9/h4-5,8H,3,6-7H2,1-2H3. The summed E-state index contributed by atoms with van der Waals surface area (Å²) < 4.78 is 5.66. The van der Waals surface area contributed by atoms with Crippen molar-refractivity contribution in [3.8, 4) is 0 Å². The van der Waals surface area contributed by atoms with Crippen molar-refractivity contribution in [2.45, 2.75) is 6.42 Å².